The van der Waals surface area contributed by atoms with Gasteiger partial charge < -0.3 is 9.47 Å². The van der Waals surface area contributed by atoms with Crippen molar-refractivity contribution in [3.8, 4) is 5.75 Å². The Hall–Kier alpha value is -3.53. The standard InChI is InChI=1S/C25H26N2O6S/c1-3-25(33-19-21-7-5-4-6-8-21)26(18-17-20-9-13-23(32-2)14-10-20)34(30,31)24-15-11-22(12-16-24)27(28)29/h3-16,25H,1,17-19H2,2H3. The number of ether oxygens (including phenoxy) is 2. The number of nitro benzene ring substituents is 1. The van der Waals surface area contributed by atoms with Crippen molar-refractivity contribution in [2.45, 2.75) is 24.2 Å². The van der Waals surface area contributed by atoms with E-state index in [9.17, 15) is 18.5 Å². The number of hydrogen-bond acceptors (Lipinski definition) is 6. The molecule has 0 saturated heterocycles. The normalized spacial score (nSPS) is 12.3. The predicted octanol–water partition coefficient (Wildman–Crippen LogP) is 4.57. The number of rotatable bonds is 12. The largest absolute Gasteiger partial charge is 0.497 e. The van der Waals surface area contributed by atoms with Crippen LogP contribution < -0.4 is 4.74 Å². The fourth-order valence-corrected chi connectivity index (χ4v) is 4.82. The van der Waals surface area contributed by atoms with Gasteiger partial charge in [-0.15, -0.1) is 0 Å². The van der Waals surface area contributed by atoms with Crippen LogP contribution in [0.2, 0.25) is 0 Å². The highest BCUT2D eigenvalue weighted by atomic mass is 32.2. The van der Waals surface area contributed by atoms with Gasteiger partial charge in [0, 0.05) is 18.7 Å². The lowest BCUT2D eigenvalue weighted by Gasteiger charge is -2.29. The van der Waals surface area contributed by atoms with Gasteiger partial charge in [0.25, 0.3) is 5.69 Å². The Bertz CT molecular complexity index is 1200. The summed E-state index contributed by atoms with van der Waals surface area (Å²) in [5.41, 5.74) is 1.61. The summed E-state index contributed by atoms with van der Waals surface area (Å²) in [6, 6.07) is 21.5. The summed E-state index contributed by atoms with van der Waals surface area (Å²) in [7, 11) is -2.48. The van der Waals surface area contributed by atoms with Crippen molar-refractivity contribution < 1.29 is 22.8 Å². The third kappa shape index (κ3) is 6.28. The molecule has 0 saturated carbocycles. The topological polar surface area (TPSA) is 99.0 Å². The van der Waals surface area contributed by atoms with E-state index in [4.69, 9.17) is 9.47 Å². The predicted molar refractivity (Wildman–Crippen MR) is 129 cm³/mol. The van der Waals surface area contributed by atoms with Crippen LogP contribution in [0.4, 0.5) is 5.69 Å². The SMILES string of the molecule is C=CC(OCc1ccccc1)N(CCc1ccc(OC)cc1)S(=O)(=O)c1ccc([N+](=O)[O-])cc1. The zero-order chi connectivity index (χ0) is 24.6. The molecule has 34 heavy (non-hydrogen) atoms. The van der Waals surface area contributed by atoms with Crippen molar-refractivity contribution in [2.75, 3.05) is 13.7 Å². The molecule has 0 bridgehead atoms. The zero-order valence-corrected chi connectivity index (χ0v) is 19.6. The number of hydrogen-bond donors (Lipinski definition) is 0. The van der Waals surface area contributed by atoms with Crippen LogP contribution in [0.1, 0.15) is 11.1 Å². The van der Waals surface area contributed by atoms with Gasteiger partial charge in [0.15, 0.2) is 0 Å². The van der Waals surface area contributed by atoms with Crippen molar-refractivity contribution in [2.24, 2.45) is 0 Å². The van der Waals surface area contributed by atoms with Crippen molar-refractivity contribution in [3.05, 3.63) is 113 Å². The zero-order valence-electron chi connectivity index (χ0n) is 18.7. The number of nitrogens with zero attached hydrogens (tertiary/aromatic N) is 2. The summed E-state index contributed by atoms with van der Waals surface area (Å²) in [6.07, 6.45) is 0.897. The Morgan fingerprint density at radius 3 is 2.21 bits per heavy atom. The molecule has 0 N–H and O–H groups in total. The molecule has 0 radical (unpaired) electrons. The monoisotopic (exact) mass is 482 g/mol. The Balaban J connectivity index is 1.88. The number of nitro groups is 1. The Labute approximate surface area is 199 Å². The van der Waals surface area contributed by atoms with E-state index in [1.165, 1.54) is 34.6 Å². The van der Waals surface area contributed by atoms with Gasteiger partial charge in [-0.25, -0.2) is 8.42 Å². The fourth-order valence-electron chi connectivity index (χ4n) is 3.32. The van der Waals surface area contributed by atoms with E-state index in [1.807, 2.05) is 42.5 Å². The van der Waals surface area contributed by atoms with Gasteiger partial charge in [-0.1, -0.05) is 49.0 Å². The number of non-ortho nitro benzene ring substituents is 1. The molecule has 9 heteroatoms. The Kier molecular flexibility index (Phi) is 8.53. The van der Waals surface area contributed by atoms with Crippen LogP contribution in [0.3, 0.4) is 0 Å². The number of methoxy groups -OCH3 is 1. The van der Waals surface area contributed by atoms with Gasteiger partial charge >= 0.3 is 0 Å². The molecule has 0 amide bonds. The molecule has 1 unspecified atom stereocenters. The minimum absolute atomic E-state index is 0.0667. The molecular weight excluding hydrogens is 456 g/mol. The molecule has 3 aromatic carbocycles. The van der Waals surface area contributed by atoms with E-state index in [1.54, 1.807) is 19.2 Å². The van der Waals surface area contributed by atoms with Gasteiger partial charge in [0.2, 0.25) is 10.0 Å². The first-order valence-electron chi connectivity index (χ1n) is 10.5. The molecule has 0 heterocycles. The minimum Gasteiger partial charge on any atom is -0.497 e. The van der Waals surface area contributed by atoms with Crippen molar-refractivity contribution >= 4 is 15.7 Å². The molecule has 8 nitrogen and oxygen atoms in total. The molecule has 0 spiro atoms. The second-order valence-electron chi connectivity index (χ2n) is 7.39. The molecule has 0 aliphatic carbocycles. The first-order chi connectivity index (χ1) is 16.3. The van der Waals surface area contributed by atoms with Gasteiger partial charge in [0.1, 0.15) is 12.0 Å². The van der Waals surface area contributed by atoms with Gasteiger partial charge in [0.05, 0.1) is 23.5 Å². The summed E-state index contributed by atoms with van der Waals surface area (Å²) in [6.45, 7) is 4.07. The molecule has 1 atom stereocenters. The van der Waals surface area contributed by atoms with E-state index >= 15 is 0 Å². The van der Waals surface area contributed by atoms with E-state index in [-0.39, 0.29) is 23.7 Å². The summed E-state index contributed by atoms with van der Waals surface area (Å²) in [5.74, 6) is 0.703. The minimum atomic E-state index is -4.05. The average molecular weight is 483 g/mol. The quantitative estimate of drug-likeness (QED) is 0.162. The number of sulfonamides is 1. The lowest BCUT2D eigenvalue weighted by molar-refractivity contribution is -0.384. The lowest BCUT2D eigenvalue weighted by Crippen LogP contribution is -2.42. The van der Waals surface area contributed by atoms with E-state index in [0.717, 1.165) is 11.1 Å². The molecule has 0 aliphatic rings. The van der Waals surface area contributed by atoms with Gasteiger partial charge in [-0.05, 0) is 47.9 Å². The van der Waals surface area contributed by atoms with Crippen LogP contribution in [0.15, 0.2) is 96.4 Å². The molecule has 178 valence electrons. The van der Waals surface area contributed by atoms with Crippen LogP contribution in [-0.4, -0.2) is 37.5 Å². The summed E-state index contributed by atoms with van der Waals surface area (Å²) < 4.78 is 39.4. The van der Waals surface area contributed by atoms with Crippen molar-refractivity contribution in [3.63, 3.8) is 0 Å². The molecular formula is C25H26N2O6S. The van der Waals surface area contributed by atoms with E-state index in [2.05, 4.69) is 6.58 Å². The van der Waals surface area contributed by atoms with Crippen molar-refractivity contribution in [1.29, 1.82) is 0 Å². The van der Waals surface area contributed by atoms with E-state index in [0.29, 0.717) is 12.2 Å². The van der Waals surface area contributed by atoms with Gasteiger partial charge in [-0.3, -0.25) is 10.1 Å². The Morgan fingerprint density at radius 1 is 1.00 bits per heavy atom. The second kappa shape index (κ2) is 11.6. The average Bonchev–Trinajstić information content (AvgIpc) is 2.86. The molecule has 0 aliphatic heterocycles. The summed E-state index contributed by atoms with van der Waals surface area (Å²) >= 11 is 0. The van der Waals surface area contributed by atoms with Crippen molar-refractivity contribution in [1.82, 2.24) is 4.31 Å². The molecule has 3 rings (SSSR count). The maximum absolute atomic E-state index is 13.6. The second-order valence-corrected chi connectivity index (χ2v) is 9.28. The number of benzene rings is 3. The van der Waals surface area contributed by atoms with E-state index < -0.39 is 21.2 Å². The van der Waals surface area contributed by atoms with Crippen LogP contribution in [0.25, 0.3) is 0 Å². The third-order valence-corrected chi connectivity index (χ3v) is 7.06. The third-order valence-electron chi connectivity index (χ3n) is 5.18. The first-order valence-corrected chi connectivity index (χ1v) is 12.0. The lowest BCUT2D eigenvalue weighted by atomic mass is 10.1. The van der Waals surface area contributed by atoms with Crippen LogP contribution >= 0.6 is 0 Å². The highest BCUT2D eigenvalue weighted by Crippen LogP contribution is 2.24. The Morgan fingerprint density at radius 2 is 1.65 bits per heavy atom. The maximum Gasteiger partial charge on any atom is 0.269 e. The maximum atomic E-state index is 13.6. The highest BCUT2D eigenvalue weighted by molar-refractivity contribution is 7.89. The molecule has 0 aromatic heterocycles. The summed E-state index contributed by atoms with van der Waals surface area (Å²) in [5, 5.41) is 11.0. The highest BCUT2D eigenvalue weighted by Gasteiger charge is 2.31. The fraction of sp³-hybridized carbons (Fsp3) is 0.200. The van der Waals surface area contributed by atoms with Crippen LogP contribution in [-0.2, 0) is 27.8 Å². The van der Waals surface area contributed by atoms with Crippen LogP contribution in [0.5, 0.6) is 5.75 Å². The van der Waals surface area contributed by atoms with Crippen LogP contribution in [0, 0.1) is 10.1 Å². The molecule has 0 fully saturated rings. The molecule has 3 aromatic rings. The summed E-state index contributed by atoms with van der Waals surface area (Å²) in [4.78, 5) is 10.3. The first kappa shape index (κ1) is 25.1. The van der Waals surface area contributed by atoms with Gasteiger partial charge in [-0.2, -0.15) is 4.31 Å². The smallest absolute Gasteiger partial charge is 0.269 e.